The Labute approximate surface area is 96.3 Å². The van der Waals surface area contributed by atoms with Crippen molar-refractivity contribution < 1.29 is 18.0 Å². The molecule has 16 heavy (non-hydrogen) atoms. The number of thioether (sulfide) groups is 1. The van der Waals surface area contributed by atoms with Gasteiger partial charge >= 0.3 is 5.51 Å². The largest absolute Gasteiger partial charge is 0.441 e. The van der Waals surface area contributed by atoms with Crippen molar-refractivity contribution in [3.63, 3.8) is 0 Å². The van der Waals surface area contributed by atoms with Crippen LogP contribution < -0.4 is 11.1 Å². The second kappa shape index (κ2) is 5.77. The van der Waals surface area contributed by atoms with E-state index in [1.54, 1.807) is 0 Å². The van der Waals surface area contributed by atoms with Crippen molar-refractivity contribution in [2.24, 2.45) is 11.7 Å². The highest BCUT2D eigenvalue weighted by Crippen LogP contribution is 2.29. The third-order valence-corrected chi connectivity index (χ3v) is 3.31. The monoisotopic (exact) mass is 256 g/mol. The molecule has 94 valence electrons. The lowest BCUT2D eigenvalue weighted by atomic mass is 10.0. The van der Waals surface area contributed by atoms with E-state index in [1.165, 1.54) is 0 Å². The molecule has 0 spiro atoms. The molecule has 0 aliphatic heterocycles. The summed E-state index contributed by atoms with van der Waals surface area (Å²) in [4.78, 5) is 11.5. The maximum atomic E-state index is 11.8. The van der Waals surface area contributed by atoms with Crippen LogP contribution in [-0.4, -0.2) is 29.8 Å². The van der Waals surface area contributed by atoms with Gasteiger partial charge in [0.15, 0.2) is 0 Å². The molecule has 0 bridgehead atoms. The van der Waals surface area contributed by atoms with Gasteiger partial charge in [0.2, 0.25) is 5.91 Å². The van der Waals surface area contributed by atoms with Gasteiger partial charge in [-0.3, -0.25) is 4.79 Å². The van der Waals surface area contributed by atoms with E-state index in [0.717, 1.165) is 19.3 Å². The van der Waals surface area contributed by atoms with E-state index < -0.39 is 5.51 Å². The number of amides is 1. The summed E-state index contributed by atoms with van der Waals surface area (Å²) in [6.07, 6.45) is 2.46. The maximum Gasteiger partial charge on any atom is 0.441 e. The lowest BCUT2D eigenvalue weighted by molar-refractivity contribution is -0.125. The fourth-order valence-corrected chi connectivity index (χ4v) is 2.22. The Kier molecular flexibility index (Phi) is 4.91. The molecule has 0 aromatic carbocycles. The van der Waals surface area contributed by atoms with Crippen molar-refractivity contribution in [3.05, 3.63) is 0 Å². The molecule has 0 heterocycles. The minimum atomic E-state index is -4.23. The maximum absolute atomic E-state index is 11.8. The number of nitrogens with one attached hydrogen (secondary N) is 1. The Morgan fingerprint density at radius 1 is 1.44 bits per heavy atom. The van der Waals surface area contributed by atoms with Crippen molar-refractivity contribution in [1.82, 2.24) is 5.32 Å². The molecule has 3 N–H and O–H groups in total. The topological polar surface area (TPSA) is 55.1 Å². The Hall–Kier alpha value is -0.430. The molecular weight excluding hydrogens is 241 g/mol. The lowest BCUT2D eigenvalue weighted by Gasteiger charge is -2.15. The summed E-state index contributed by atoms with van der Waals surface area (Å²) >= 11 is -0.127. The van der Waals surface area contributed by atoms with Gasteiger partial charge in [-0.15, -0.1) is 0 Å². The number of hydrogen-bond acceptors (Lipinski definition) is 3. The van der Waals surface area contributed by atoms with E-state index >= 15 is 0 Å². The van der Waals surface area contributed by atoms with Crippen LogP contribution in [0.3, 0.4) is 0 Å². The van der Waals surface area contributed by atoms with Gasteiger partial charge in [0.1, 0.15) is 0 Å². The molecule has 1 rings (SSSR count). The highest BCUT2D eigenvalue weighted by Gasteiger charge is 2.30. The fraction of sp³-hybridized carbons (Fsp3) is 0.889. The molecule has 1 aliphatic rings. The zero-order valence-electron chi connectivity index (χ0n) is 8.72. The van der Waals surface area contributed by atoms with Gasteiger partial charge in [-0.2, -0.15) is 13.2 Å². The van der Waals surface area contributed by atoms with Gasteiger partial charge in [-0.25, -0.2) is 0 Å². The summed E-state index contributed by atoms with van der Waals surface area (Å²) in [5, 5.41) is 2.49. The second-order valence-corrected chi connectivity index (χ2v) is 4.95. The summed E-state index contributed by atoms with van der Waals surface area (Å²) in [5.41, 5.74) is 1.48. The Morgan fingerprint density at radius 2 is 2.12 bits per heavy atom. The van der Waals surface area contributed by atoms with E-state index in [-0.39, 0.29) is 41.9 Å². The zero-order valence-corrected chi connectivity index (χ0v) is 9.53. The van der Waals surface area contributed by atoms with Crippen LogP contribution in [0.15, 0.2) is 0 Å². The lowest BCUT2D eigenvalue weighted by Crippen LogP contribution is -2.39. The van der Waals surface area contributed by atoms with E-state index in [1.807, 2.05) is 0 Å². The van der Waals surface area contributed by atoms with E-state index in [0.29, 0.717) is 0 Å². The Balaban J connectivity index is 2.15. The highest BCUT2D eigenvalue weighted by atomic mass is 32.2. The SMILES string of the molecule is NC1CCCC1C(=O)NCCSC(F)(F)F. The van der Waals surface area contributed by atoms with Gasteiger partial charge < -0.3 is 11.1 Å². The number of carbonyl (C=O) groups is 1. The summed E-state index contributed by atoms with van der Waals surface area (Å²) < 4.78 is 35.3. The Morgan fingerprint density at radius 3 is 2.62 bits per heavy atom. The van der Waals surface area contributed by atoms with Crippen LogP contribution in [-0.2, 0) is 4.79 Å². The molecule has 1 aliphatic carbocycles. The second-order valence-electron chi connectivity index (χ2n) is 3.79. The summed E-state index contributed by atoms with van der Waals surface area (Å²) in [5.74, 6) is -0.597. The van der Waals surface area contributed by atoms with Crippen molar-refractivity contribution in [1.29, 1.82) is 0 Å². The van der Waals surface area contributed by atoms with Crippen LogP contribution in [0.5, 0.6) is 0 Å². The molecule has 1 amide bonds. The van der Waals surface area contributed by atoms with E-state index in [4.69, 9.17) is 5.73 Å². The molecule has 1 saturated carbocycles. The summed E-state index contributed by atoms with van der Waals surface area (Å²) in [6.45, 7) is 0.0340. The van der Waals surface area contributed by atoms with Crippen molar-refractivity contribution >= 4 is 17.7 Å². The molecule has 0 radical (unpaired) electrons. The zero-order chi connectivity index (χ0) is 12.2. The van der Waals surface area contributed by atoms with Crippen molar-refractivity contribution in [3.8, 4) is 0 Å². The molecule has 0 aromatic heterocycles. The van der Waals surface area contributed by atoms with Gasteiger partial charge in [-0.05, 0) is 24.6 Å². The normalized spacial score (nSPS) is 25.8. The Bertz CT molecular complexity index is 247. The quantitative estimate of drug-likeness (QED) is 0.749. The first-order valence-corrected chi connectivity index (χ1v) is 6.12. The number of hydrogen-bond donors (Lipinski definition) is 2. The molecule has 7 heteroatoms. The summed E-state index contributed by atoms with van der Waals surface area (Å²) in [7, 11) is 0. The van der Waals surface area contributed by atoms with Crippen LogP contribution in [0.4, 0.5) is 13.2 Å². The van der Waals surface area contributed by atoms with Gasteiger partial charge in [0.25, 0.3) is 0 Å². The van der Waals surface area contributed by atoms with E-state index in [9.17, 15) is 18.0 Å². The van der Waals surface area contributed by atoms with Crippen LogP contribution >= 0.6 is 11.8 Å². The first-order chi connectivity index (χ1) is 7.40. The molecule has 3 nitrogen and oxygen atoms in total. The highest BCUT2D eigenvalue weighted by molar-refractivity contribution is 8.00. The smallest absolute Gasteiger partial charge is 0.355 e. The minimum absolute atomic E-state index is 0.0340. The third-order valence-electron chi connectivity index (χ3n) is 2.57. The predicted molar refractivity (Wildman–Crippen MR) is 56.8 cm³/mol. The first-order valence-electron chi connectivity index (χ1n) is 5.14. The van der Waals surface area contributed by atoms with E-state index in [2.05, 4.69) is 5.32 Å². The number of nitrogens with two attached hydrogens (primary N) is 1. The van der Waals surface area contributed by atoms with Crippen LogP contribution in [0, 0.1) is 5.92 Å². The number of alkyl halides is 3. The average Bonchev–Trinajstić information content (AvgIpc) is 2.57. The van der Waals surface area contributed by atoms with Crippen molar-refractivity contribution in [2.45, 2.75) is 30.8 Å². The number of rotatable bonds is 4. The first kappa shape index (κ1) is 13.6. The molecule has 2 unspecified atom stereocenters. The minimum Gasteiger partial charge on any atom is -0.355 e. The molecule has 1 fully saturated rings. The third kappa shape index (κ3) is 4.61. The van der Waals surface area contributed by atoms with Crippen LogP contribution in [0.1, 0.15) is 19.3 Å². The standard InChI is InChI=1S/C9H15F3N2OS/c10-9(11,12)16-5-4-14-8(15)6-2-1-3-7(6)13/h6-7H,1-5,13H2,(H,14,15). The van der Waals surface area contributed by atoms with Gasteiger partial charge in [0, 0.05) is 18.3 Å². The molecule has 0 saturated heterocycles. The number of halogens is 3. The van der Waals surface area contributed by atoms with Gasteiger partial charge in [0.05, 0.1) is 5.92 Å². The predicted octanol–water partition coefficient (Wildman–Crippen LogP) is 1.48. The van der Waals surface area contributed by atoms with Gasteiger partial charge in [-0.1, -0.05) is 6.42 Å². The molecular formula is C9H15F3N2OS. The van der Waals surface area contributed by atoms with Crippen LogP contribution in [0.2, 0.25) is 0 Å². The number of carbonyl (C=O) groups excluding carboxylic acids is 1. The average molecular weight is 256 g/mol. The summed E-state index contributed by atoms with van der Waals surface area (Å²) in [6, 6.07) is -0.143. The molecule has 0 aromatic rings. The van der Waals surface area contributed by atoms with Crippen LogP contribution in [0.25, 0.3) is 0 Å². The fourth-order valence-electron chi connectivity index (χ4n) is 1.79. The molecule has 2 atom stereocenters. The van der Waals surface area contributed by atoms with Crippen molar-refractivity contribution in [2.75, 3.05) is 12.3 Å².